The van der Waals surface area contributed by atoms with Crippen LogP contribution >= 0.6 is 0 Å². The molecule has 1 aliphatic rings. The van der Waals surface area contributed by atoms with Crippen LogP contribution in [0.25, 0.3) is 0 Å². The van der Waals surface area contributed by atoms with Gasteiger partial charge in [-0.25, -0.2) is 0 Å². The van der Waals surface area contributed by atoms with E-state index in [0.717, 1.165) is 11.3 Å². The molecule has 1 saturated heterocycles. The Morgan fingerprint density at radius 3 is 2.74 bits per heavy atom. The fourth-order valence-corrected chi connectivity index (χ4v) is 3.50. The van der Waals surface area contributed by atoms with E-state index in [-0.39, 0.29) is 30.3 Å². The molecule has 0 radical (unpaired) electrons. The number of carbonyl (C=O) groups is 2. The molecule has 0 saturated carbocycles. The Balaban J connectivity index is 1.62. The zero-order valence-corrected chi connectivity index (χ0v) is 15.8. The SMILES string of the molecule is CCNC(=O)[C@@H]1C[C@@H](NC(=O)Cc2cc(C)no2)CN1Cc1ccccc1. The largest absolute Gasteiger partial charge is 0.361 e. The number of aromatic nitrogens is 1. The summed E-state index contributed by atoms with van der Waals surface area (Å²) in [6.45, 7) is 5.64. The summed E-state index contributed by atoms with van der Waals surface area (Å²) in [7, 11) is 0. The minimum absolute atomic E-state index is 0.0102. The number of carbonyl (C=O) groups excluding carboxylic acids is 2. The molecule has 1 aromatic carbocycles. The van der Waals surface area contributed by atoms with Gasteiger partial charge in [-0.1, -0.05) is 35.5 Å². The maximum Gasteiger partial charge on any atom is 0.237 e. The van der Waals surface area contributed by atoms with Gasteiger partial charge in [-0.15, -0.1) is 0 Å². The summed E-state index contributed by atoms with van der Waals surface area (Å²) < 4.78 is 5.11. The number of nitrogens with one attached hydrogen (secondary N) is 2. The van der Waals surface area contributed by atoms with Crippen molar-refractivity contribution in [1.82, 2.24) is 20.7 Å². The molecular formula is C20H26N4O3. The minimum Gasteiger partial charge on any atom is -0.361 e. The predicted molar refractivity (Wildman–Crippen MR) is 101 cm³/mol. The number of likely N-dealkylation sites (tertiary alicyclic amines) is 1. The third-order valence-corrected chi connectivity index (χ3v) is 4.66. The fourth-order valence-electron chi connectivity index (χ4n) is 3.50. The molecule has 0 spiro atoms. The van der Waals surface area contributed by atoms with Gasteiger partial charge in [-0.05, 0) is 25.8 Å². The van der Waals surface area contributed by atoms with Crippen molar-refractivity contribution in [3.8, 4) is 0 Å². The van der Waals surface area contributed by atoms with Crippen LogP contribution in [0.15, 0.2) is 40.9 Å². The molecule has 2 heterocycles. The van der Waals surface area contributed by atoms with Crippen LogP contribution < -0.4 is 10.6 Å². The van der Waals surface area contributed by atoms with E-state index in [9.17, 15) is 9.59 Å². The lowest BCUT2D eigenvalue weighted by molar-refractivity contribution is -0.125. The third-order valence-electron chi connectivity index (χ3n) is 4.66. The van der Waals surface area contributed by atoms with Gasteiger partial charge in [0.25, 0.3) is 0 Å². The summed E-state index contributed by atoms with van der Waals surface area (Å²) in [5.74, 6) is 0.438. The lowest BCUT2D eigenvalue weighted by Gasteiger charge is -2.23. The van der Waals surface area contributed by atoms with Crippen molar-refractivity contribution in [2.75, 3.05) is 13.1 Å². The first-order valence-corrected chi connectivity index (χ1v) is 9.32. The van der Waals surface area contributed by atoms with Gasteiger partial charge < -0.3 is 15.2 Å². The highest BCUT2D eigenvalue weighted by molar-refractivity contribution is 5.83. The second-order valence-electron chi connectivity index (χ2n) is 6.94. The topological polar surface area (TPSA) is 87.5 Å². The summed E-state index contributed by atoms with van der Waals surface area (Å²) >= 11 is 0. The van der Waals surface area contributed by atoms with Gasteiger partial charge in [0.05, 0.1) is 18.2 Å². The molecule has 1 aromatic heterocycles. The summed E-state index contributed by atoms with van der Waals surface area (Å²) in [6.07, 6.45) is 0.752. The van der Waals surface area contributed by atoms with E-state index < -0.39 is 0 Å². The molecule has 2 atom stereocenters. The molecule has 7 heteroatoms. The standard InChI is InChI=1S/C20H26N4O3/c1-3-21-20(26)18-10-16(13-24(18)12-15-7-5-4-6-8-15)22-19(25)11-17-9-14(2)23-27-17/h4-9,16,18H,3,10-13H2,1-2H3,(H,21,26)(H,22,25)/t16-,18+/m1/s1. The van der Waals surface area contributed by atoms with Crippen LogP contribution in [0.3, 0.4) is 0 Å². The molecule has 0 unspecified atom stereocenters. The quantitative estimate of drug-likeness (QED) is 0.770. The number of hydrogen-bond donors (Lipinski definition) is 2. The van der Waals surface area contributed by atoms with Crippen LogP contribution in [-0.4, -0.2) is 47.0 Å². The zero-order chi connectivity index (χ0) is 19.2. The molecule has 2 aromatic rings. The first-order chi connectivity index (χ1) is 13.0. The highest BCUT2D eigenvalue weighted by atomic mass is 16.5. The first-order valence-electron chi connectivity index (χ1n) is 9.32. The maximum atomic E-state index is 12.5. The van der Waals surface area contributed by atoms with Crippen molar-refractivity contribution < 1.29 is 14.1 Å². The monoisotopic (exact) mass is 370 g/mol. The van der Waals surface area contributed by atoms with Gasteiger partial charge in [0, 0.05) is 31.7 Å². The molecule has 1 aliphatic heterocycles. The molecule has 0 aliphatic carbocycles. The van der Waals surface area contributed by atoms with Crippen LogP contribution in [0.5, 0.6) is 0 Å². The van der Waals surface area contributed by atoms with E-state index in [1.165, 1.54) is 0 Å². The van der Waals surface area contributed by atoms with Gasteiger partial charge >= 0.3 is 0 Å². The number of amides is 2. The van der Waals surface area contributed by atoms with Gasteiger partial charge in [0.2, 0.25) is 11.8 Å². The van der Waals surface area contributed by atoms with Gasteiger partial charge in [-0.2, -0.15) is 0 Å². The maximum absolute atomic E-state index is 12.5. The summed E-state index contributed by atoms with van der Waals surface area (Å²) in [4.78, 5) is 26.9. The number of nitrogens with zero attached hydrogens (tertiary/aromatic N) is 2. The Morgan fingerprint density at radius 2 is 2.07 bits per heavy atom. The number of benzene rings is 1. The van der Waals surface area contributed by atoms with E-state index in [4.69, 9.17) is 4.52 Å². The number of hydrogen-bond acceptors (Lipinski definition) is 5. The molecule has 2 amide bonds. The van der Waals surface area contributed by atoms with Crippen molar-refractivity contribution in [2.45, 2.75) is 45.3 Å². The van der Waals surface area contributed by atoms with Gasteiger partial charge in [0.1, 0.15) is 5.76 Å². The predicted octanol–water partition coefficient (Wildman–Crippen LogP) is 1.42. The smallest absolute Gasteiger partial charge is 0.237 e. The average Bonchev–Trinajstić information content (AvgIpc) is 3.22. The van der Waals surface area contributed by atoms with E-state index in [0.29, 0.717) is 31.8 Å². The van der Waals surface area contributed by atoms with Gasteiger partial charge in [-0.3, -0.25) is 14.5 Å². The first kappa shape index (κ1) is 19.1. The second kappa shape index (κ2) is 8.81. The zero-order valence-electron chi connectivity index (χ0n) is 15.8. The van der Waals surface area contributed by atoms with Crippen molar-refractivity contribution in [1.29, 1.82) is 0 Å². The molecule has 27 heavy (non-hydrogen) atoms. The van der Waals surface area contributed by atoms with Crippen LogP contribution in [0.1, 0.15) is 30.4 Å². The Hall–Kier alpha value is -2.67. The Kier molecular flexibility index (Phi) is 6.24. The highest BCUT2D eigenvalue weighted by Gasteiger charge is 2.37. The Morgan fingerprint density at radius 1 is 1.30 bits per heavy atom. The molecule has 144 valence electrons. The fraction of sp³-hybridized carbons (Fsp3) is 0.450. The van der Waals surface area contributed by atoms with Crippen LogP contribution in [0.4, 0.5) is 0 Å². The highest BCUT2D eigenvalue weighted by Crippen LogP contribution is 2.21. The van der Waals surface area contributed by atoms with Crippen LogP contribution in [0, 0.1) is 6.92 Å². The Bertz CT molecular complexity index is 775. The number of rotatable bonds is 7. The summed E-state index contributed by atoms with van der Waals surface area (Å²) in [6, 6.07) is 11.5. The normalized spacial score (nSPS) is 19.8. The van der Waals surface area contributed by atoms with Crippen LogP contribution in [-0.2, 0) is 22.6 Å². The lowest BCUT2D eigenvalue weighted by atomic mass is 10.1. The second-order valence-corrected chi connectivity index (χ2v) is 6.94. The molecule has 3 rings (SSSR count). The minimum atomic E-state index is -0.247. The average molecular weight is 370 g/mol. The van der Waals surface area contributed by atoms with E-state index in [1.54, 1.807) is 6.07 Å². The number of aryl methyl sites for hydroxylation is 1. The van der Waals surface area contributed by atoms with E-state index >= 15 is 0 Å². The molecule has 2 N–H and O–H groups in total. The molecular weight excluding hydrogens is 344 g/mol. The Labute approximate surface area is 159 Å². The van der Waals surface area contributed by atoms with Crippen molar-refractivity contribution in [3.63, 3.8) is 0 Å². The number of likely N-dealkylation sites (N-methyl/N-ethyl adjacent to an activating group) is 1. The van der Waals surface area contributed by atoms with Crippen molar-refractivity contribution in [3.05, 3.63) is 53.4 Å². The van der Waals surface area contributed by atoms with Gasteiger partial charge in [0.15, 0.2) is 0 Å². The van der Waals surface area contributed by atoms with Crippen molar-refractivity contribution in [2.24, 2.45) is 0 Å². The summed E-state index contributed by atoms with van der Waals surface area (Å²) in [5, 5.41) is 9.73. The molecule has 7 nitrogen and oxygen atoms in total. The van der Waals surface area contributed by atoms with Crippen molar-refractivity contribution >= 4 is 11.8 Å². The molecule has 0 bridgehead atoms. The summed E-state index contributed by atoms with van der Waals surface area (Å²) in [5.41, 5.74) is 1.90. The lowest BCUT2D eigenvalue weighted by Crippen LogP contribution is -2.42. The van der Waals surface area contributed by atoms with E-state index in [1.807, 2.05) is 44.2 Å². The third kappa shape index (κ3) is 5.17. The molecule has 1 fully saturated rings. The van der Waals surface area contributed by atoms with Crippen LogP contribution in [0.2, 0.25) is 0 Å². The van der Waals surface area contributed by atoms with E-state index in [2.05, 4.69) is 20.7 Å².